The number of likely N-dealkylation sites (tertiary alicyclic amines) is 1. The van der Waals surface area contributed by atoms with E-state index in [2.05, 4.69) is 15.3 Å². The van der Waals surface area contributed by atoms with Gasteiger partial charge in [-0.05, 0) is 37.8 Å². The first-order chi connectivity index (χ1) is 16.1. The highest BCUT2D eigenvalue weighted by atomic mass is 16.5. The number of carbonyl (C=O) groups is 1. The molecule has 4 aromatic rings. The van der Waals surface area contributed by atoms with Crippen molar-refractivity contribution in [2.24, 2.45) is 0 Å². The topological polar surface area (TPSA) is 99.6 Å². The summed E-state index contributed by atoms with van der Waals surface area (Å²) in [5.74, 6) is 0.444. The highest BCUT2D eigenvalue weighted by molar-refractivity contribution is 5.81. The SMILES string of the molecule is CC(=O)N1CCCC1c1cnnn1-c1ncn2c1c(=O)n(CC1CCCO1)c1ccccc12. The van der Waals surface area contributed by atoms with E-state index >= 15 is 0 Å². The molecule has 2 aliphatic rings. The molecule has 5 heterocycles. The summed E-state index contributed by atoms with van der Waals surface area (Å²) >= 11 is 0. The number of hydrogen-bond donors (Lipinski definition) is 0. The van der Waals surface area contributed by atoms with Crippen molar-refractivity contribution in [2.75, 3.05) is 13.2 Å². The number of aromatic nitrogens is 6. The average molecular weight is 447 g/mol. The maximum atomic E-state index is 13.8. The lowest BCUT2D eigenvalue weighted by Crippen LogP contribution is -2.30. The number of ether oxygens (including phenoxy) is 1. The van der Waals surface area contributed by atoms with Crippen LogP contribution in [-0.4, -0.2) is 59.0 Å². The summed E-state index contributed by atoms with van der Waals surface area (Å²) < 4.78 is 11.1. The minimum atomic E-state index is -0.145. The number of benzene rings is 1. The van der Waals surface area contributed by atoms with Gasteiger partial charge in [-0.2, -0.15) is 4.68 Å². The van der Waals surface area contributed by atoms with E-state index in [9.17, 15) is 9.59 Å². The lowest BCUT2D eigenvalue weighted by Gasteiger charge is -2.23. The molecule has 0 radical (unpaired) electrons. The molecule has 2 saturated heterocycles. The zero-order chi connectivity index (χ0) is 22.5. The minimum Gasteiger partial charge on any atom is -0.376 e. The maximum absolute atomic E-state index is 13.8. The van der Waals surface area contributed by atoms with Crippen LogP contribution in [0.15, 0.2) is 41.6 Å². The third-order valence-corrected chi connectivity index (χ3v) is 6.81. The van der Waals surface area contributed by atoms with Crippen LogP contribution in [0.25, 0.3) is 22.4 Å². The van der Waals surface area contributed by atoms with Gasteiger partial charge in [0, 0.05) is 20.1 Å². The zero-order valence-electron chi connectivity index (χ0n) is 18.4. The lowest BCUT2D eigenvalue weighted by molar-refractivity contribution is -0.129. The number of rotatable bonds is 4. The van der Waals surface area contributed by atoms with Crippen molar-refractivity contribution < 1.29 is 9.53 Å². The normalized spacial score (nSPS) is 20.9. The van der Waals surface area contributed by atoms with Gasteiger partial charge in [-0.1, -0.05) is 17.3 Å². The molecule has 2 aliphatic heterocycles. The molecular formula is C23H25N7O3. The van der Waals surface area contributed by atoms with Gasteiger partial charge in [0.1, 0.15) is 6.33 Å². The Morgan fingerprint density at radius 1 is 1.18 bits per heavy atom. The van der Waals surface area contributed by atoms with Crippen molar-refractivity contribution in [3.8, 4) is 5.82 Å². The van der Waals surface area contributed by atoms with Gasteiger partial charge in [0.15, 0.2) is 11.3 Å². The van der Waals surface area contributed by atoms with Crippen LogP contribution in [0.1, 0.15) is 44.3 Å². The van der Waals surface area contributed by atoms with E-state index in [1.54, 1.807) is 28.7 Å². The number of imidazole rings is 1. The van der Waals surface area contributed by atoms with Crippen LogP contribution in [-0.2, 0) is 16.1 Å². The largest absolute Gasteiger partial charge is 0.376 e. The number of fused-ring (bicyclic) bond motifs is 3. The molecule has 10 heteroatoms. The molecular weight excluding hydrogens is 422 g/mol. The van der Waals surface area contributed by atoms with Crippen LogP contribution in [0.5, 0.6) is 0 Å². The smallest absolute Gasteiger partial charge is 0.279 e. The number of para-hydroxylation sites is 2. The second-order valence-corrected chi connectivity index (χ2v) is 8.77. The van der Waals surface area contributed by atoms with Gasteiger partial charge in [0.25, 0.3) is 5.56 Å². The average Bonchev–Trinajstić information content (AvgIpc) is 3.60. The number of nitrogens with zero attached hydrogens (tertiary/aromatic N) is 7. The lowest BCUT2D eigenvalue weighted by atomic mass is 10.1. The molecule has 0 aliphatic carbocycles. The third-order valence-electron chi connectivity index (χ3n) is 6.81. The molecule has 0 bridgehead atoms. The molecule has 2 atom stereocenters. The van der Waals surface area contributed by atoms with Crippen molar-refractivity contribution in [3.63, 3.8) is 0 Å². The second kappa shape index (κ2) is 7.80. The van der Waals surface area contributed by atoms with Crippen molar-refractivity contribution in [3.05, 3.63) is 52.8 Å². The van der Waals surface area contributed by atoms with Crippen LogP contribution >= 0.6 is 0 Å². The molecule has 0 spiro atoms. The predicted octanol–water partition coefficient (Wildman–Crippen LogP) is 2.09. The Balaban J connectivity index is 1.55. The van der Waals surface area contributed by atoms with E-state index in [1.165, 1.54) is 0 Å². The summed E-state index contributed by atoms with van der Waals surface area (Å²) in [7, 11) is 0. The zero-order valence-corrected chi connectivity index (χ0v) is 18.4. The molecule has 0 saturated carbocycles. The van der Waals surface area contributed by atoms with Crippen LogP contribution in [0, 0.1) is 0 Å². The monoisotopic (exact) mass is 447 g/mol. The van der Waals surface area contributed by atoms with Gasteiger partial charge in [-0.3, -0.25) is 14.0 Å². The van der Waals surface area contributed by atoms with Crippen LogP contribution < -0.4 is 5.56 Å². The Kier molecular flexibility index (Phi) is 4.75. The number of amides is 1. The van der Waals surface area contributed by atoms with Crippen LogP contribution in [0.4, 0.5) is 0 Å². The first kappa shape index (κ1) is 20.1. The summed E-state index contributed by atoms with van der Waals surface area (Å²) in [5, 5.41) is 8.40. The van der Waals surface area contributed by atoms with Crippen LogP contribution in [0.3, 0.4) is 0 Å². The second-order valence-electron chi connectivity index (χ2n) is 8.77. The van der Waals surface area contributed by atoms with E-state index in [-0.39, 0.29) is 23.6 Å². The summed E-state index contributed by atoms with van der Waals surface area (Å²) in [5.41, 5.74) is 2.78. The van der Waals surface area contributed by atoms with E-state index < -0.39 is 0 Å². The molecule has 10 nitrogen and oxygen atoms in total. The van der Waals surface area contributed by atoms with Gasteiger partial charge in [-0.25, -0.2) is 4.98 Å². The number of hydrogen-bond acceptors (Lipinski definition) is 6. The summed E-state index contributed by atoms with van der Waals surface area (Å²) in [6.07, 6.45) is 7.03. The van der Waals surface area contributed by atoms with Gasteiger partial charge in [0.05, 0.1) is 41.6 Å². The van der Waals surface area contributed by atoms with Gasteiger partial charge >= 0.3 is 0 Å². The molecule has 0 N–H and O–H groups in total. The van der Waals surface area contributed by atoms with Crippen molar-refractivity contribution in [2.45, 2.75) is 51.3 Å². The van der Waals surface area contributed by atoms with E-state index in [0.29, 0.717) is 24.4 Å². The Morgan fingerprint density at radius 3 is 2.82 bits per heavy atom. The first-order valence-corrected chi connectivity index (χ1v) is 11.4. The highest BCUT2D eigenvalue weighted by Gasteiger charge is 2.32. The van der Waals surface area contributed by atoms with Crippen molar-refractivity contribution in [1.29, 1.82) is 0 Å². The molecule has 2 fully saturated rings. The van der Waals surface area contributed by atoms with Gasteiger partial charge in [-0.15, -0.1) is 5.10 Å². The van der Waals surface area contributed by atoms with Gasteiger partial charge in [0.2, 0.25) is 5.91 Å². The van der Waals surface area contributed by atoms with E-state index in [4.69, 9.17) is 4.74 Å². The van der Waals surface area contributed by atoms with E-state index in [1.807, 2.05) is 33.6 Å². The molecule has 3 aromatic heterocycles. The molecule has 33 heavy (non-hydrogen) atoms. The molecule has 2 unspecified atom stereocenters. The fourth-order valence-electron chi connectivity index (χ4n) is 5.27. The van der Waals surface area contributed by atoms with Gasteiger partial charge < -0.3 is 14.2 Å². The minimum absolute atomic E-state index is 0.0180. The first-order valence-electron chi connectivity index (χ1n) is 11.4. The Morgan fingerprint density at radius 2 is 2.03 bits per heavy atom. The fraction of sp³-hybridized carbons (Fsp3) is 0.435. The predicted molar refractivity (Wildman–Crippen MR) is 120 cm³/mol. The molecule has 1 aromatic carbocycles. The number of carbonyl (C=O) groups excluding carboxylic acids is 1. The summed E-state index contributed by atoms with van der Waals surface area (Å²) in [6, 6.07) is 7.68. The Hall–Kier alpha value is -3.53. The molecule has 6 rings (SSSR count). The van der Waals surface area contributed by atoms with Crippen LogP contribution in [0.2, 0.25) is 0 Å². The summed E-state index contributed by atoms with van der Waals surface area (Å²) in [6.45, 7) is 3.50. The fourth-order valence-corrected chi connectivity index (χ4v) is 5.27. The molecule has 170 valence electrons. The Bertz CT molecular complexity index is 1410. The van der Waals surface area contributed by atoms with Crippen molar-refractivity contribution >= 4 is 22.5 Å². The third kappa shape index (κ3) is 3.16. The molecule has 1 amide bonds. The quantitative estimate of drug-likeness (QED) is 0.475. The highest BCUT2D eigenvalue weighted by Crippen LogP contribution is 2.33. The van der Waals surface area contributed by atoms with Crippen molar-refractivity contribution in [1.82, 2.24) is 33.8 Å². The summed E-state index contributed by atoms with van der Waals surface area (Å²) in [4.78, 5) is 32.4. The van der Waals surface area contributed by atoms with E-state index in [0.717, 1.165) is 49.0 Å². The maximum Gasteiger partial charge on any atom is 0.279 e. The standard InChI is InChI=1S/C23H25N7O3/c1-15(31)27-10-4-9-19(27)20-12-25-26-30(20)22-21-23(32)28(13-16-6-5-11-33-16)17-7-2-3-8-18(17)29(21)14-24-22/h2-3,7-8,12,14,16,19H,4-6,9-11,13H2,1H3. The Labute approximate surface area is 189 Å².